The van der Waals surface area contributed by atoms with Gasteiger partial charge in [-0.15, -0.1) is 11.3 Å². The van der Waals surface area contributed by atoms with Gasteiger partial charge in [-0.25, -0.2) is 4.98 Å². The maximum atomic E-state index is 12.9. The quantitative estimate of drug-likeness (QED) is 0.462. The van der Waals surface area contributed by atoms with Gasteiger partial charge in [-0.3, -0.25) is 14.2 Å². The second-order valence-electron chi connectivity index (χ2n) is 7.00. The van der Waals surface area contributed by atoms with Crippen LogP contribution in [-0.4, -0.2) is 26.9 Å². The van der Waals surface area contributed by atoms with Crippen molar-refractivity contribution in [3.8, 4) is 0 Å². The molecule has 0 aliphatic rings. The molecule has 0 fully saturated rings. The van der Waals surface area contributed by atoms with Gasteiger partial charge in [0.05, 0.1) is 11.1 Å². The number of ether oxygens (including phenoxy) is 1. The monoisotopic (exact) mass is 368 g/mol. The summed E-state index contributed by atoms with van der Waals surface area (Å²) in [6.07, 6.45) is 0. The summed E-state index contributed by atoms with van der Waals surface area (Å²) < 4.78 is 6.99. The number of rotatable bonds is 4. The van der Waals surface area contributed by atoms with Crippen LogP contribution in [0.15, 0.2) is 9.95 Å². The fraction of sp³-hybridized carbons (Fsp3) is 0.588. The Bertz CT molecular complexity index is 829. The number of esters is 1. The van der Waals surface area contributed by atoms with Crippen LogP contribution in [0.2, 0.25) is 0 Å². The van der Waals surface area contributed by atoms with E-state index in [-0.39, 0.29) is 23.3 Å². The zero-order valence-electron chi connectivity index (χ0n) is 15.2. The van der Waals surface area contributed by atoms with Crippen LogP contribution in [-0.2, 0) is 9.53 Å². The van der Waals surface area contributed by atoms with Crippen LogP contribution in [0, 0.1) is 13.8 Å². The van der Waals surface area contributed by atoms with E-state index in [2.05, 4.69) is 4.98 Å². The first kappa shape index (κ1) is 19.0. The third-order valence-corrected chi connectivity index (χ3v) is 5.49. The number of carbonyl (C=O) groups excluding carboxylic acids is 1. The highest BCUT2D eigenvalue weighted by molar-refractivity contribution is 7.99. The zero-order valence-corrected chi connectivity index (χ0v) is 16.9. The normalized spacial score (nSPS) is 12.2. The minimum Gasteiger partial charge on any atom is -0.459 e. The molecule has 0 aliphatic heterocycles. The summed E-state index contributed by atoms with van der Waals surface area (Å²) in [5, 5.41) is 1.25. The zero-order chi connectivity index (χ0) is 18.2. The smallest absolute Gasteiger partial charge is 0.316 e. The molecule has 0 bridgehead atoms. The number of carbonyl (C=O) groups is 1. The Morgan fingerprint density at radius 1 is 1.33 bits per heavy atom. The van der Waals surface area contributed by atoms with Crippen molar-refractivity contribution in [3.63, 3.8) is 0 Å². The molecule has 7 heteroatoms. The topological polar surface area (TPSA) is 61.2 Å². The van der Waals surface area contributed by atoms with Crippen molar-refractivity contribution in [3.05, 3.63) is 20.8 Å². The van der Waals surface area contributed by atoms with Crippen molar-refractivity contribution in [1.82, 2.24) is 9.55 Å². The summed E-state index contributed by atoms with van der Waals surface area (Å²) in [6, 6.07) is -0.0323. The van der Waals surface area contributed by atoms with Crippen molar-refractivity contribution in [1.29, 1.82) is 0 Å². The van der Waals surface area contributed by atoms with Gasteiger partial charge in [0.1, 0.15) is 10.4 Å². The largest absolute Gasteiger partial charge is 0.459 e. The predicted octanol–water partition coefficient (Wildman–Crippen LogP) is 4.09. The van der Waals surface area contributed by atoms with Crippen LogP contribution in [0.25, 0.3) is 10.2 Å². The average molecular weight is 369 g/mol. The molecule has 2 aromatic rings. The molecule has 0 spiro atoms. The first-order valence-electron chi connectivity index (χ1n) is 7.88. The highest BCUT2D eigenvalue weighted by Gasteiger charge is 2.21. The highest BCUT2D eigenvalue weighted by atomic mass is 32.2. The number of hydrogen-bond donors (Lipinski definition) is 0. The molecule has 0 unspecified atom stereocenters. The van der Waals surface area contributed by atoms with Gasteiger partial charge in [-0.2, -0.15) is 0 Å². The van der Waals surface area contributed by atoms with Crippen LogP contribution in [0.3, 0.4) is 0 Å². The number of nitrogens with zero attached hydrogens (tertiary/aromatic N) is 2. The van der Waals surface area contributed by atoms with Crippen LogP contribution in [0.5, 0.6) is 0 Å². The lowest BCUT2D eigenvalue weighted by Gasteiger charge is -2.20. The van der Waals surface area contributed by atoms with Crippen molar-refractivity contribution < 1.29 is 9.53 Å². The summed E-state index contributed by atoms with van der Waals surface area (Å²) in [5.74, 6) is -0.179. The molecule has 2 aromatic heterocycles. The molecule has 0 radical (unpaired) electrons. The van der Waals surface area contributed by atoms with Gasteiger partial charge >= 0.3 is 5.97 Å². The Labute approximate surface area is 150 Å². The van der Waals surface area contributed by atoms with E-state index in [0.29, 0.717) is 10.5 Å². The fourth-order valence-electron chi connectivity index (χ4n) is 2.34. The van der Waals surface area contributed by atoms with Crippen molar-refractivity contribution in [2.45, 2.75) is 65.3 Å². The van der Waals surface area contributed by atoms with Crippen LogP contribution in [0.4, 0.5) is 0 Å². The molecule has 2 rings (SSSR count). The molecule has 0 saturated carbocycles. The van der Waals surface area contributed by atoms with Crippen LogP contribution >= 0.6 is 23.1 Å². The summed E-state index contributed by atoms with van der Waals surface area (Å²) in [6.45, 7) is 13.3. The van der Waals surface area contributed by atoms with Gasteiger partial charge in [-0.05, 0) is 54.0 Å². The Kier molecular flexibility index (Phi) is 5.44. The molecule has 0 saturated heterocycles. The number of hydrogen-bond acceptors (Lipinski definition) is 6. The molecule has 0 atom stereocenters. The number of fused-ring (bicyclic) bond motifs is 1. The van der Waals surface area contributed by atoms with Crippen molar-refractivity contribution in [2.75, 3.05) is 5.75 Å². The van der Waals surface area contributed by atoms with E-state index in [1.165, 1.54) is 23.1 Å². The SMILES string of the molecule is Cc1sc2nc(SCC(=O)OC(C)(C)C)n(C(C)C)c(=O)c2c1C. The Hall–Kier alpha value is -1.34. The van der Waals surface area contributed by atoms with Crippen LogP contribution in [0.1, 0.15) is 51.1 Å². The van der Waals surface area contributed by atoms with E-state index in [4.69, 9.17) is 4.74 Å². The minimum absolute atomic E-state index is 0.0323. The van der Waals surface area contributed by atoms with E-state index in [0.717, 1.165) is 15.3 Å². The predicted molar refractivity (Wildman–Crippen MR) is 100 cm³/mol. The van der Waals surface area contributed by atoms with Gasteiger partial charge in [0, 0.05) is 10.9 Å². The highest BCUT2D eigenvalue weighted by Crippen LogP contribution is 2.29. The van der Waals surface area contributed by atoms with Crippen molar-refractivity contribution >= 4 is 39.3 Å². The molecule has 5 nitrogen and oxygen atoms in total. The third-order valence-electron chi connectivity index (χ3n) is 3.46. The summed E-state index contributed by atoms with van der Waals surface area (Å²) in [4.78, 5) is 31.3. The lowest BCUT2D eigenvalue weighted by molar-refractivity contribution is -0.151. The van der Waals surface area contributed by atoms with Gasteiger partial charge < -0.3 is 4.74 Å². The van der Waals surface area contributed by atoms with Crippen LogP contribution < -0.4 is 5.56 Å². The second kappa shape index (κ2) is 6.88. The van der Waals surface area contributed by atoms with Gasteiger partial charge in [0.2, 0.25) is 0 Å². The van der Waals surface area contributed by atoms with E-state index in [1.54, 1.807) is 4.57 Å². The maximum absolute atomic E-state index is 12.9. The summed E-state index contributed by atoms with van der Waals surface area (Å²) in [5.41, 5.74) is 0.434. The molecule has 24 heavy (non-hydrogen) atoms. The van der Waals surface area contributed by atoms with Crippen molar-refractivity contribution in [2.24, 2.45) is 0 Å². The lowest BCUT2D eigenvalue weighted by atomic mass is 10.2. The number of aromatic nitrogens is 2. The standard InChI is InChI=1S/C17H24N2O3S2/c1-9(2)19-15(21)13-10(3)11(4)24-14(13)18-16(19)23-8-12(20)22-17(5,6)7/h9H,8H2,1-7H3. The Balaban J connectivity index is 2.41. The van der Waals surface area contributed by atoms with E-state index >= 15 is 0 Å². The molecule has 0 aliphatic carbocycles. The number of aryl methyl sites for hydroxylation is 2. The molecule has 0 amide bonds. The van der Waals surface area contributed by atoms with E-state index < -0.39 is 5.60 Å². The Morgan fingerprint density at radius 2 is 1.96 bits per heavy atom. The number of thioether (sulfide) groups is 1. The van der Waals surface area contributed by atoms with Gasteiger partial charge in [-0.1, -0.05) is 11.8 Å². The van der Waals surface area contributed by atoms with E-state index in [9.17, 15) is 9.59 Å². The molecule has 0 N–H and O–H groups in total. The molecule has 0 aromatic carbocycles. The second-order valence-corrected chi connectivity index (χ2v) is 9.15. The number of thiophene rings is 1. The molecular weight excluding hydrogens is 344 g/mol. The Morgan fingerprint density at radius 3 is 2.50 bits per heavy atom. The first-order chi connectivity index (χ1) is 11.0. The first-order valence-corrected chi connectivity index (χ1v) is 9.68. The fourth-order valence-corrected chi connectivity index (χ4v) is 4.31. The van der Waals surface area contributed by atoms with Gasteiger partial charge in [0.15, 0.2) is 5.16 Å². The molecular formula is C17H24N2O3S2. The maximum Gasteiger partial charge on any atom is 0.316 e. The summed E-state index contributed by atoms with van der Waals surface area (Å²) in [7, 11) is 0. The van der Waals surface area contributed by atoms with Gasteiger partial charge in [0.25, 0.3) is 5.56 Å². The summed E-state index contributed by atoms with van der Waals surface area (Å²) >= 11 is 2.77. The van der Waals surface area contributed by atoms with E-state index in [1.807, 2.05) is 48.5 Å². The third kappa shape index (κ3) is 4.00. The molecule has 132 valence electrons. The molecule has 2 heterocycles. The average Bonchev–Trinajstić information content (AvgIpc) is 2.69. The minimum atomic E-state index is -0.519. The lowest BCUT2D eigenvalue weighted by Crippen LogP contribution is -2.27.